The predicted molar refractivity (Wildman–Crippen MR) is 90.0 cm³/mol. The number of carbonyl (C=O) groups excluding carboxylic acids is 2. The molecule has 2 atom stereocenters. The highest BCUT2D eigenvalue weighted by Gasteiger charge is 2.34. The van der Waals surface area contributed by atoms with Gasteiger partial charge in [-0.2, -0.15) is 0 Å². The maximum absolute atomic E-state index is 12.0. The van der Waals surface area contributed by atoms with E-state index in [-0.39, 0.29) is 11.8 Å². The summed E-state index contributed by atoms with van der Waals surface area (Å²) in [5.74, 6) is 0.493. The molecular formula is C18H25N3O2. The Kier molecular flexibility index (Phi) is 5.28. The lowest BCUT2D eigenvalue weighted by Crippen LogP contribution is -2.40. The van der Waals surface area contributed by atoms with Crippen molar-refractivity contribution in [1.82, 2.24) is 10.6 Å². The van der Waals surface area contributed by atoms with Crippen molar-refractivity contribution >= 4 is 17.5 Å². The topological polar surface area (TPSA) is 70.2 Å². The molecule has 1 aromatic carbocycles. The lowest BCUT2D eigenvalue weighted by Gasteiger charge is -2.28. The van der Waals surface area contributed by atoms with Crippen LogP contribution >= 0.6 is 0 Å². The van der Waals surface area contributed by atoms with Crippen molar-refractivity contribution in [3.05, 3.63) is 30.3 Å². The van der Waals surface area contributed by atoms with Crippen LogP contribution in [0.4, 0.5) is 5.69 Å². The predicted octanol–water partition coefficient (Wildman–Crippen LogP) is 2.05. The van der Waals surface area contributed by atoms with Crippen LogP contribution in [0, 0.1) is 5.92 Å². The summed E-state index contributed by atoms with van der Waals surface area (Å²) in [5.41, 5.74) is 0.786. The van der Waals surface area contributed by atoms with Crippen LogP contribution in [-0.4, -0.2) is 30.4 Å². The molecule has 2 fully saturated rings. The van der Waals surface area contributed by atoms with E-state index in [2.05, 4.69) is 16.0 Å². The van der Waals surface area contributed by atoms with Gasteiger partial charge >= 0.3 is 0 Å². The van der Waals surface area contributed by atoms with Gasteiger partial charge in [0.05, 0.1) is 0 Å². The lowest BCUT2D eigenvalue weighted by molar-refractivity contribution is -0.122. The molecule has 2 amide bonds. The van der Waals surface area contributed by atoms with Gasteiger partial charge in [-0.25, -0.2) is 0 Å². The Morgan fingerprint density at radius 3 is 2.43 bits per heavy atom. The fourth-order valence-corrected chi connectivity index (χ4v) is 3.74. The number of hydrogen-bond donors (Lipinski definition) is 3. The zero-order valence-corrected chi connectivity index (χ0v) is 13.4. The van der Waals surface area contributed by atoms with Crippen molar-refractivity contribution in [3.8, 4) is 0 Å². The molecule has 0 spiro atoms. The summed E-state index contributed by atoms with van der Waals surface area (Å²) < 4.78 is 0. The molecule has 0 aliphatic carbocycles. The maximum Gasteiger partial charge on any atom is 0.226 e. The quantitative estimate of drug-likeness (QED) is 0.752. The summed E-state index contributed by atoms with van der Waals surface area (Å²) in [6.45, 7) is 0.398. The van der Waals surface area contributed by atoms with Crippen molar-refractivity contribution in [2.45, 2.75) is 50.6 Å². The van der Waals surface area contributed by atoms with E-state index in [1.54, 1.807) is 0 Å². The van der Waals surface area contributed by atoms with E-state index in [9.17, 15) is 9.59 Å². The molecule has 0 aromatic heterocycles. The minimum Gasteiger partial charge on any atom is -0.356 e. The van der Waals surface area contributed by atoms with Gasteiger partial charge in [-0.1, -0.05) is 18.2 Å². The average Bonchev–Trinajstić information content (AvgIpc) is 2.87. The fraction of sp³-hybridized carbons (Fsp3) is 0.556. The number of rotatable bonds is 6. The van der Waals surface area contributed by atoms with Gasteiger partial charge in [0.25, 0.3) is 0 Å². The van der Waals surface area contributed by atoms with Gasteiger partial charge in [0.2, 0.25) is 11.8 Å². The summed E-state index contributed by atoms with van der Waals surface area (Å²) in [4.78, 5) is 23.8. The van der Waals surface area contributed by atoms with Crippen molar-refractivity contribution in [2.24, 2.45) is 5.92 Å². The third-order valence-electron chi connectivity index (χ3n) is 4.78. The van der Waals surface area contributed by atoms with Crippen molar-refractivity contribution in [2.75, 3.05) is 11.9 Å². The second kappa shape index (κ2) is 7.59. The number of anilines is 1. The van der Waals surface area contributed by atoms with Crippen LogP contribution in [0.3, 0.4) is 0 Å². The normalized spacial score (nSPS) is 25.8. The molecule has 5 heteroatoms. The summed E-state index contributed by atoms with van der Waals surface area (Å²) in [5, 5.41) is 9.29. The molecular weight excluding hydrogens is 290 g/mol. The molecule has 2 bridgehead atoms. The van der Waals surface area contributed by atoms with E-state index in [1.165, 1.54) is 12.8 Å². The van der Waals surface area contributed by atoms with Crippen molar-refractivity contribution < 1.29 is 9.59 Å². The first-order valence-electron chi connectivity index (χ1n) is 8.56. The Labute approximate surface area is 137 Å². The van der Waals surface area contributed by atoms with E-state index in [0.29, 0.717) is 37.4 Å². The van der Waals surface area contributed by atoms with Crippen LogP contribution in [-0.2, 0) is 9.59 Å². The molecule has 3 rings (SSSR count). The number of para-hydroxylation sites is 1. The van der Waals surface area contributed by atoms with Gasteiger partial charge in [-0.05, 0) is 43.7 Å². The van der Waals surface area contributed by atoms with Crippen molar-refractivity contribution in [3.63, 3.8) is 0 Å². The molecule has 1 aromatic rings. The first-order valence-corrected chi connectivity index (χ1v) is 8.56. The molecule has 2 aliphatic heterocycles. The van der Waals surface area contributed by atoms with Gasteiger partial charge in [-0.3, -0.25) is 9.59 Å². The molecule has 5 nitrogen and oxygen atoms in total. The van der Waals surface area contributed by atoms with Gasteiger partial charge in [0.1, 0.15) is 0 Å². The highest BCUT2D eigenvalue weighted by Crippen LogP contribution is 2.32. The largest absolute Gasteiger partial charge is 0.356 e. The number of hydrogen-bond acceptors (Lipinski definition) is 3. The van der Waals surface area contributed by atoms with E-state index < -0.39 is 0 Å². The monoisotopic (exact) mass is 315 g/mol. The fourth-order valence-electron chi connectivity index (χ4n) is 3.74. The maximum atomic E-state index is 12.0. The third-order valence-corrected chi connectivity index (χ3v) is 4.78. The minimum absolute atomic E-state index is 0.0728. The number of amides is 2. The Morgan fingerprint density at radius 1 is 1.04 bits per heavy atom. The van der Waals surface area contributed by atoms with E-state index >= 15 is 0 Å². The summed E-state index contributed by atoms with van der Waals surface area (Å²) in [7, 11) is 0. The second-order valence-corrected chi connectivity index (χ2v) is 6.69. The molecule has 0 saturated carbocycles. The number of fused-ring (bicyclic) bond motifs is 2. The third kappa shape index (κ3) is 4.79. The summed E-state index contributed by atoms with van der Waals surface area (Å²) in [6.07, 6.45) is 5.62. The van der Waals surface area contributed by atoms with E-state index in [1.807, 2.05) is 30.3 Å². The van der Waals surface area contributed by atoms with E-state index in [4.69, 9.17) is 0 Å². The number of benzene rings is 1. The lowest BCUT2D eigenvalue weighted by atomic mass is 9.89. The first kappa shape index (κ1) is 16.0. The standard InChI is InChI=1S/C18H25N3O2/c22-17(21-14-4-2-1-3-5-14)8-9-19-18(23)12-13-10-15-6-7-16(11-13)20-15/h1-5,13,15-16,20H,6-12H2,(H,19,23)(H,21,22). The van der Waals surface area contributed by atoms with Crippen LogP contribution in [0.15, 0.2) is 30.3 Å². The highest BCUT2D eigenvalue weighted by atomic mass is 16.2. The van der Waals surface area contributed by atoms with Gasteiger partial charge in [-0.15, -0.1) is 0 Å². The van der Waals surface area contributed by atoms with Crippen LogP contribution in [0.1, 0.15) is 38.5 Å². The minimum atomic E-state index is -0.0728. The Hall–Kier alpha value is -1.88. The second-order valence-electron chi connectivity index (χ2n) is 6.69. The zero-order chi connectivity index (χ0) is 16.1. The molecule has 2 saturated heterocycles. The van der Waals surface area contributed by atoms with E-state index in [0.717, 1.165) is 18.5 Å². The summed E-state index contributed by atoms with van der Waals surface area (Å²) >= 11 is 0. The molecule has 2 aliphatic rings. The molecule has 2 heterocycles. The molecule has 2 unspecified atom stereocenters. The number of carbonyl (C=O) groups is 2. The molecule has 0 radical (unpaired) electrons. The Morgan fingerprint density at radius 2 is 1.74 bits per heavy atom. The number of piperidine rings is 1. The highest BCUT2D eigenvalue weighted by molar-refractivity contribution is 5.91. The summed E-state index contributed by atoms with van der Waals surface area (Å²) in [6, 6.07) is 10.6. The van der Waals surface area contributed by atoms with Crippen LogP contribution in [0.25, 0.3) is 0 Å². The molecule has 124 valence electrons. The van der Waals surface area contributed by atoms with Gasteiger partial charge in [0.15, 0.2) is 0 Å². The van der Waals surface area contributed by atoms with Crippen LogP contribution in [0.2, 0.25) is 0 Å². The Balaban J connectivity index is 1.32. The SMILES string of the molecule is O=C(CC1CC2CCC(C1)N2)NCCC(=O)Nc1ccccc1. The van der Waals surface area contributed by atoms with Gasteiger partial charge in [0, 0.05) is 37.2 Å². The average molecular weight is 315 g/mol. The van der Waals surface area contributed by atoms with Crippen molar-refractivity contribution in [1.29, 1.82) is 0 Å². The van der Waals surface area contributed by atoms with Crippen LogP contribution in [0.5, 0.6) is 0 Å². The smallest absolute Gasteiger partial charge is 0.226 e. The number of nitrogens with one attached hydrogen (secondary N) is 3. The Bertz CT molecular complexity index is 534. The molecule has 3 N–H and O–H groups in total. The molecule has 23 heavy (non-hydrogen) atoms. The first-order chi connectivity index (χ1) is 11.2. The zero-order valence-electron chi connectivity index (χ0n) is 13.4. The van der Waals surface area contributed by atoms with Crippen LogP contribution < -0.4 is 16.0 Å². The van der Waals surface area contributed by atoms with Gasteiger partial charge < -0.3 is 16.0 Å².